The molecule has 1 saturated carbocycles. The second-order valence-electron chi connectivity index (χ2n) is 6.58. The van der Waals surface area contributed by atoms with E-state index in [9.17, 15) is 0 Å². The van der Waals surface area contributed by atoms with Crippen LogP contribution < -0.4 is 10.5 Å². The van der Waals surface area contributed by atoms with Crippen molar-refractivity contribution in [3.63, 3.8) is 0 Å². The van der Waals surface area contributed by atoms with Crippen molar-refractivity contribution in [1.29, 1.82) is 0 Å². The lowest BCUT2D eigenvalue weighted by atomic mass is 9.66. The second-order valence-corrected chi connectivity index (χ2v) is 6.58. The first kappa shape index (κ1) is 14.4. The fourth-order valence-corrected chi connectivity index (χ4v) is 3.42. The fourth-order valence-electron chi connectivity index (χ4n) is 3.42. The van der Waals surface area contributed by atoms with Crippen LogP contribution in [0.2, 0.25) is 0 Å². The Balaban J connectivity index is 2.06. The molecule has 0 unspecified atom stereocenters. The van der Waals surface area contributed by atoms with Gasteiger partial charge < -0.3 is 15.0 Å². The molecule has 2 aromatic rings. The fraction of sp³-hybridized carbons (Fsp3) is 0.588. The van der Waals surface area contributed by atoms with E-state index in [0.29, 0.717) is 6.04 Å². The highest BCUT2D eigenvalue weighted by Crippen LogP contribution is 2.43. The molecular weight excluding hydrogens is 262 g/mol. The van der Waals surface area contributed by atoms with Crippen LogP contribution in [-0.2, 0) is 6.42 Å². The van der Waals surface area contributed by atoms with Crippen LogP contribution in [-0.4, -0.2) is 23.2 Å². The van der Waals surface area contributed by atoms with Gasteiger partial charge in [0.2, 0.25) is 0 Å². The van der Waals surface area contributed by atoms with E-state index in [2.05, 4.69) is 24.5 Å². The summed E-state index contributed by atoms with van der Waals surface area (Å²) in [6.07, 6.45) is 4.74. The Labute approximate surface area is 126 Å². The molecule has 1 aliphatic carbocycles. The van der Waals surface area contributed by atoms with E-state index in [1.807, 2.05) is 12.1 Å². The van der Waals surface area contributed by atoms with Gasteiger partial charge in [-0.3, -0.25) is 0 Å². The molecule has 114 valence electrons. The van der Waals surface area contributed by atoms with E-state index >= 15 is 0 Å². The van der Waals surface area contributed by atoms with Crippen molar-refractivity contribution in [2.75, 3.05) is 13.7 Å². The van der Waals surface area contributed by atoms with Crippen molar-refractivity contribution >= 4 is 11.0 Å². The molecule has 0 aliphatic heterocycles. The minimum atomic E-state index is 0.276. The Morgan fingerprint density at radius 2 is 2.14 bits per heavy atom. The van der Waals surface area contributed by atoms with Crippen LogP contribution in [0.15, 0.2) is 18.2 Å². The first-order chi connectivity index (χ1) is 10.1. The van der Waals surface area contributed by atoms with Gasteiger partial charge in [0.05, 0.1) is 18.1 Å². The van der Waals surface area contributed by atoms with Crippen molar-refractivity contribution in [3.8, 4) is 5.75 Å². The molecule has 0 amide bonds. The average molecular weight is 287 g/mol. The van der Waals surface area contributed by atoms with Crippen molar-refractivity contribution in [3.05, 3.63) is 24.0 Å². The predicted octanol–water partition coefficient (Wildman–Crippen LogP) is 3.30. The molecule has 21 heavy (non-hydrogen) atoms. The third-order valence-electron chi connectivity index (χ3n) is 4.87. The normalized spacial score (nSPS) is 17.2. The number of rotatable bonds is 5. The molecule has 3 rings (SSSR count). The van der Waals surface area contributed by atoms with E-state index in [4.69, 9.17) is 15.5 Å². The molecule has 1 aromatic heterocycles. The molecular formula is C17H25N3O. The monoisotopic (exact) mass is 287 g/mol. The lowest BCUT2D eigenvalue weighted by Gasteiger charge is -2.41. The molecule has 0 spiro atoms. The number of aromatic nitrogens is 2. The highest BCUT2D eigenvalue weighted by atomic mass is 16.5. The topological polar surface area (TPSA) is 53.1 Å². The van der Waals surface area contributed by atoms with Gasteiger partial charge in [0.15, 0.2) is 0 Å². The van der Waals surface area contributed by atoms with Gasteiger partial charge in [0, 0.05) is 18.5 Å². The first-order valence-corrected chi connectivity index (χ1v) is 7.83. The van der Waals surface area contributed by atoms with Gasteiger partial charge in [-0.05, 0) is 50.8 Å². The van der Waals surface area contributed by atoms with E-state index < -0.39 is 0 Å². The Morgan fingerprint density at radius 3 is 2.67 bits per heavy atom. The summed E-state index contributed by atoms with van der Waals surface area (Å²) in [6.45, 7) is 5.19. The van der Waals surface area contributed by atoms with Crippen molar-refractivity contribution in [2.45, 2.75) is 45.6 Å². The molecule has 0 atom stereocenters. The SMILES string of the molecule is COc1ccc2c(c1)nc(CC1(CN)CCC1)n2C(C)C. The molecule has 4 nitrogen and oxygen atoms in total. The minimum Gasteiger partial charge on any atom is -0.497 e. The van der Waals surface area contributed by atoms with Gasteiger partial charge in [-0.1, -0.05) is 6.42 Å². The Morgan fingerprint density at radius 1 is 1.38 bits per heavy atom. The Bertz CT molecular complexity index is 635. The summed E-state index contributed by atoms with van der Waals surface area (Å²) in [5, 5.41) is 0. The van der Waals surface area contributed by atoms with Crippen LogP contribution in [0.4, 0.5) is 0 Å². The average Bonchev–Trinajstić information content (AvgIpc) is 2.79. The summed E-state index contributed by atoms with van der Waals surface area (Å²) in [5.41, 5.74) is 8.51. The summed E-state index contributed by atoms with van der Waals surface area (Å²) in [7, 11) is 1.69. The maximum absolute atomic E-state index is 6.03. The maximum atomic E-state index is 6.03. The number of nitrogens with zero attached hydrogens (tertiary/aromatic N) is 2. The maximum Gasteiger partial charge on any atom is 0.121 e. The van der Waals surface area contributed by atoms with Crippen LogP contribution in [0, 0.1) is 5.41 Å². The highest BCUT2D eigenvalue weighted by Gasteiger charge is 2.37. The van der Waals surface area contributed by atoms with Crippen LogP contribution in [0.25, 0.3) is 11.0 Å². The zero-order valence-electron chi connectivity index (χ0n) is 13.2. The van der Waals surface area contributed by atoms with E-state index in [-0.39, 0.29) is 5.41 Å². The minimum absolute atomic E-state index is 0.276. The Kier molecular flexibility index (Phi) is 3.66. The van der Waals surface area contributed by atoms with Crippen LogP contribution in [0.5, 0.6) is 5.75 Å². The summed E-state index contributed by atoms with van der Waals surface area (Å²) in [6, 6.07) is 6.54. The molecule has 1 heterocycles. The number of benzene rings is 1. The Hall–Kier alpha value is -1.55. The van der Waals surface area contributed by atoms with Crippen molar-refractivity contribution < 1.29 is 4.74 Å². The summed E-state index contributed by atoms with van der Waals surface area (Å²) < 4.78 is 7.67. The number of ether oxygens (including phenoxy) is 1. The van der Waals surface area contributed by atoms with Gasteiger partial charge in [0.1, 0.15) is 11.6 Å². The van der Waals surface area contributed by atoms with Gasteiger partial charge in [-0.15, -0.1) is 0 Å². The molecule has 1 aromatic carbocycles. The number of fused-ring (bicyclic) bond motifs is 1. The molecule has 1 aliphatic rings. The number of nitrogens with two attached hydrogens (primary N) is 1. The van der Waals surface area contributed by atoms with Crippen LogP contribution in [0.1, 0.15) is 45.0 Å². The summed E-state index contributed by atoms with van der Waals surface area (Å²) >= 11 is 0. The smallest absolute Gasteiger partial charge is 0.121 e. The third-order valence-corrected chi connectivity index (χ3v) is 4.87. The van der Waals surface area contributed by atoms with E-state index in [1.54, 1.807) is 7.11 Å². The first-order valence-electron chi connectivity index (χ1n) is 7.83. The van der Waals surface area contributed by atoms with Gasteiger partial charge in [-0.2, -0.15) is 0 Å². The number of methoxy groups -OCH3 is 1. The van der Waals surface area contributed by atoms with Crippen molar-refractivity contribution in [2.24, 2.45) is 11.1 Å². The second kappa shape index (κ2) is 5.34. The number of imidazole rings is 1. The molecule has 0 saturated heterocycles. The van der Waals surface area contributed by atoms with Gasteiger partial charge in [0.25, 0.3) is 0 Å². The van der Waals surface area contributed by atoms with Crippen LogP contribution >= 0.6 is 0 Å². The quantitative estimate of drug-likeness (QED) is 0.918. The molecule has 4 heteroatoms. The zero-order valence-corrected chi connectivity index (χ0v) is 13.2. The largest absolute Gasteiger partial charge is 0.497 e. The van der Waals surface area contributed by atoms with E-state index in [1.165, 1.54) is 30.6 Å². The molecule has 1 fully saturated rings. The molecule has 0 radical (unpaired) electrons. The van der Waals surface area contributed by atoms with Crippen LogP contribution in [0.3, 0.4) is 0 Å². The molecule has 2 N–H and O–H groups in total. The predicted molar refractivity (Wildman–Crippen MR) is 85.7 cm³/mol. The third kappa shape index (κ3) is 2.42. The molecule has 0 bridgehead atoms. The van der Waals surface area contributed by atoms with Gasteiger partial charge in [-0.25, -0.2) is 4.98 Å². The number of hydrogen-bond donors (Lipinski definition) is 1. The lowest BCUT2D eigenvalue weighted by molar-refractivity contribution is 0.139. The number of hydrogen-bond acceptors (Lipinski definition) is 3. The van der Waals surface area contributed by atoms with Crippen molar-refractivity contribution in [1.82, 2.24) is 9.55 Å². The van der Waals surface area contributed by atoms with E-state index in [0.717, 1.165) is 24.2 Å². The lowest BCUT2D eigenvalue weighted by Crippen LogP contribution is -2.40. The van der Waals surface area contributed by atoms with Gasteiger partial charge >= 0.3 is 0 Å². The highest BCUT2D eigenvalue weighted by molar-refractivity contribution is 5.78. The zero-order chi connectivity index (χ0) is 15.0. The summed E-state index contributed by atoms with van der Waals surface area (Å²) in [5.74, 6) is 2.03. The standard InChI is InChI=1S/C17H25N3O/c1-12(2)20-15-6-5-13(21-3)9-14(15)19-16(20)10-17(11-18)7-4-8-17/h5-6,9,12H,4,7-8,10-11,18H2,1-3H3. The summed E-state index contributed by atoms with van der Waals surface area (Å²) in [4.78, 5) is 4.88.